The second kappa shape index (κ2) is 4.58. The molecule has 1 aromatic heterocycles. The van der Waals surface area contributed by atoms with Crippen molar-refractivity contribution in [3.8, 4) is 0 Å². The number of H-pyrrole nitrogens is 1. The van der Waals surface area contributed by atoms with Gasteiger partial charge in [-0.15, -0.1) is 0 Å². The molecule has 0 saturated heterocycles. The number of rotatable bonds is 3. The highest BCUT2D eigenvalue weighted by atomic mass is 16.5. The average molecular weight is 275 g/mol. The molecule has 1 aliphatic heterocycles. The maximum absolute atomic E-state index is 12.2. The van der Waals surface area contributed by atoms with Gasteiger partial charge in [-0.2, -0.15) is 5.10 Å². The van der Waals surface area contributed by atoms with Crippen molar-refractivity contribution in [3.63, 3.8) is 0 Å². The van der Waals surface area contributed by atoms with Gasteiger partial charge in [-0.1, -0.05) is 6.42 Å². The van der Waals surface area contributed by atoms with E-state index >= 15 is 0 Å². The topological polar surface area (TPSA) is 67.0 Å². The van der Waals surface area contributed by atoms with Crippen LogP contribution in [0.25, 0.3) is 0 Å². The first kappa shape index (κ1) is 12.4. The van der Waals surface area contributed by atoms with E-state index in [1.165, 1.54) is 32.1 Å². The Balaban J connectivity index is 1.39. The van der Waals surface area contributed by atoms with Crippen molar-refractivity contribution in [2.24, 2.45) is 11.3 Å². The number of fused-ring (bicyclic) bond motifs is 1. The first-order chi connectivity index (χ1) is 9.77. The third kappa shape index (κ3) is 1.87. The van der Waals surface area contributed by atoms with Crippen molar-refractivity contribution in [1.29, 1.82) is 0 Å². The number of nitrogens with one attached hydrogen (secondary N) is 2. The summed E-state index contributed by atoms with van der Waals surface area (Å²) in [6.45, 7) is 1.28. The molecule has 2 aliphatic carbocycles. The van der Waals surface area contributed by atoms with Gasteiger partial charge in [-0.3, -0.25) is 9.89 Å². The summed E-state index contributed by atoms with van der Waals surface area (Å²) in [5, 5.41) is 10.2. The van der Waals surface area contributed by atoms with Crippen LogP contribution < -0.4 is 5.32 Å². The molecule has 1 atom stereocenters. The maximum Gasteiger partial charge on any atom is 0.225 e. The Labute approximate surface area is 118 Å². The molecule has 2 fully saturated rings. The number of hydrogen-bond acceptors (Lipinski definition) is 3. The van der Waals surface area contributed by atoms with Crippen LogP contribution in [0.15, 0.2) is 0 Å². The third-order valence-electron chi connectivity index (χ3n) is 5.59. The molecule has 108 valence electrons. The van der Waals surface area contributed by atoms with Gasteiger partial charge >= 0.3 is 0 Å². The highest BCUT2D eigenvalue weighted by Gasteiger charge is 2.50. The molecule has 4 rings (SSSR count). The minimum atomic E-state index is 0.112. The highest BCUT2D eigenvalue weighted by Crippen LogP contribution is 2.60. The van der Waals surface area contributed by atoms with Gasteiger partial charge < -0.3 is 10.1 Å². The summed E-state index contributed by atoms with van der Waals surface area (Å²) in [5.41, 5.74) is 2.66. The van der Waals surface area contributed by atoms with E-state index in [1.54, 1.807) is 0 Å². The number of amides is 1. The Hall–Kier alpha value is -1.36. The Morgan fingerprint density at radius 2 is 2.35 bits per heavy atom. The molecule has 5 heteroatoms. The lowest BCUT2D eigenvalue weighted by molar-refractivity contribution is -0.123. The molecule has 5 nitrogen and oxygen atoms in total. The summed E-state index contributed by atoms with van der Waals surface area (Å²) in [4.78, 5) is 12.2. The summed E-state index contributed by atoms with van der Waals surface area (Å²) in [7, 11) is 0. The highest BCUT2D eigenvalue weighted by molar-refractivity contribution is 5.90. The van der Waals surface area contributed by atoms with E-state index in [1.807, 2.05) is 0 Å². The van der Waals surface area contributed by atoms with Crippen LogP contribution in [0.5, 0.6) is 0 Å². The summed E-state index contributed by atoms with van der Waals surface area (Å²) in [5.74, 6) is 1.38. The normalized spacial score (nSPS) is 26.5. The zero-order chi connectivity index (χ0) is 13.6. The molecule has 1 amide bonds. The Kier molecular flexibility index (Phi) is 2.84. The lowest BCUT2D eigenvalue weighted by atomic mass is 9.49. The van der Waals surface area contributed by atoms with Crippen molar-refractivity contribution < 1.29 is 9.53 Å². The largest absolute Gasteiger partial charge is 0.376 e. The fourth-order valence-corrected chi connectivity index (χ4v) is 3.99. The van der Waals surface area contributed by atoms with E-state index in [-0.39, 0.29) is 5.91 Å². The Morgan fingerprint density at radius 3 is 3.05 bits per heavy atom. The molecule has 2 N–H and O–H groups in total. The van der Waals surface area contributed by atoms with Crippen LogP contribution in [0.1, 0.15) is 49.8 Å². The number of aromatic nitrogens is 2. The van der Waals surface area contributed by atoms with Gasteiger partial charge in [-0.05, 0) is 37.0 Å². The quantitative estimate of drug-likeness (QED) is 0.890. The number of carbonyl (C=O) groups excluding carboxylic acids is 1. The summed E-state index contributed by atoms with van der Waals surface area (Å²) < 4.78 is 5.44. The van der Waals surface area contributed by atoms with Crippen LogP contribution in [0.4, 0.5) is 5.82 Å². The second-order valence-corrected chi connectivity index (χ2v) is 6.54. The number of aromatic amines is 1. The SMILES string of the molecule is O=C(CC1CCC12CCC2)Nc1n[nH]c2c1COCC2. The molecule has 1 spiro atoms. The minimum absolute atomic E-state index is 0.112. The smallest absolute Gasteiger partial charge is 0.225 e. The zero-order valence-corrected chi connectivity index (χ0v) is 11.7. The van der Waals surface area contributed by atoms with E-state index < -0.39 is 0 Å². The lowest BCUT2D eigenvalue weighted by Gasteiger charge is -2.56. The van der Waals surface area contributed by atoms with Crippen molar-refractivity contribution >= 4 is 11.7 Å². The van der Waals surface area contributed by atoms with Gasteiger partial charge in [0.25, 0.3) is 0 Å². The number of hydrogen-bond donors (Lipinski definition) is 2. The standard InChI is InChI=1S/C15H21N3O2/c19-13(8-10-2-6-15(10)4-1-5-15)16-14-11-9-20-7-3-12(11)17-18-14/h10H,1-9H2,(H2,16,17,18,19). The second-order valence-electron chi connectivity index (χ2n) is 6.54. The molecule has 0 radical (unpaired) electrons. The van der Waals surface area contributed by atoms with Gasteiger partial charge in [-0.25, -0.2) is 0 Å². The summed E-state index contributed by atoms with van der Waals surface area (Å²) >= 11 is 0. The van der Waals surface area contributed by atoms with Crippen LogP contribution >= 0.6 is 0 Å². The molecule has 1 unspecified atom stereocenters. The zero-order valence-electron chi connectivity index (χ0n) is 11.7. The van der Waals surface area contributed by atoms with E-state index in [4.69, 9.17) is 4.74 Å². The first-order valence-electron chi connectivity index (χ1n) is 7.71. The minimum Gasteiger partial charge on any atom is -0.376 e. The van der Waals surface area contributed by atoms with Gasteiger partial charge in [0, 0.05) is 24.1 Å². The fraction of sp³-hybridized carbons (Fsp3) is 0.733. The summed E-state index contributed by atoms with van der Waals surface area (Å²) in [6.07, 6.45) is 8.06. The van der Waals surface area contributed by atoms with E-state index in [9.17, 15) is 4.79 Å². The number of ether oxygens (including phenoxy) is 1. The predicted octanol–water partition coefficient (Wildman–Crippen LogP) is 2.39. The summed E-state index contributed by atoms with van der Waals surface area (Å²) in [6, 6.07) is 0. The van der Waals surface area contributed by atoms with Gasteiger partial charge in [0.2, 0.25) is 5.91 Å². The molecular weight excluding hydrogens is 254 g/mol. The van der Waals surface area contributed by atoms with Crippen LogP contribution in [0, 0.1) is 11.3 Å². The van der Waals surface area contributed by atoms with Crippen LogP contribution in [-0.2, 0) is 22.6 Å². The molecule has 0 bridgehead atoms. The van der Waals surface area contributed by atoms with Crippen LogP contribution in [-0.4, -0.2) is 22.7 Å². The average Bonchev–Trinajstić information content (AvgIpc) is 2.77. The van der Waals surface area contributed by atoms with Gasteiger partial charge in [0.15, 0.2) is 5.82 Å². The van der Waals surface area contributed by atoms with Crippen LogP contribution in [0.3, 0.4) is 0 Å². The molecule has 2 saturated carbocycles. The first-order valence-corrected chi connectivity index (χ1v) is 7.71. The monoisotopic (exact) mass is 275 g/mol. The van der Waals surface area contributed by atoms with Crippen LogP contribution in [0.2, 0.25) is 0 Å². The number of anilines is 1. The number of carbonyl (C=O) groups is 1. The Morgan fingerprint density at radius 1 is 1.45 bits per heavy atom. The van der Waals surface area contributed by atoms with Crippen molar-refractivity contribution in [2.45, 2.75) is 51.6 Å². The molecule has 0 aromatic carbocycles. The maximum atomic E-state index is 12.2. The molecule has 2 heterocycles. The van der Waals surface area contributed by atoms with Gasteiger partial charge in [0.05, 0.1) is 13.2 Å². The molecule has 20 heavy (non-hydrogen) atoms. The molecule has 1 aromatic rings. The Bertz CT molecular complexity index is 528. The number of nitrogens with zero attached hydrogens (tertiary/aromatic N) is 1. The van der Waals surface area contributed by atoms with Crippen molar-refractivity contribution in [3.05, 3.63) is 11.3 Å². The third-order valence-corrected chi connectivity index (χ3v) is 5.59. The lowest BCUT2D eigenvalue weighted by Crippen LogP contribution is -2.46. The molecule has 3 aliphatic rings. The van der Waals surface area contributed by atoms with E-state index in [0.717, 1.165) is 24.3 Å². The predicted molar refractivity (Wildman–Crippen MR) is 74.2 cm³/mol. The molecular formula is C15H21N3O2. The van der Waals surface area contributed by atoms with Gasteiger partial charge in [0.1, 0.15) is 0 Å². The van der Waals surface area contributed by atoms with E-state index in [2.05, 4.69) is 15.5 Å². The van der Waals surface area contributed by atoms with Crippen molar-refractivity contribution in [1.82, 2.24) is 10.2 Å². The van der Waals surface area contributed by atoms with E-state index in [0.29, 0.717) is 30.2 Å². The van der Waals surface area contributed by atoms with Crippen molar-refractivity contribution in [2.75, 3.05) is 11.9 Å². The fourth-order valence-electron chi connectivity index (χ4n) is 3.99.